The van der Waals surface area contributed by atoms with Gasteiger partial charge in [-0.3, -0.25) is 9.69 Å². The van der Waals surface area contributed by atoms with E-state index < -0.39 is 11.9 Å². The summed E-state index contributed by atoms with van der Waals surface area (Å²) in [5.74, 6) is -0.827. The predicted molar refractivity (Wildman–Crippen MR) is 113 cm³/mol. The number of benzene rings is 2. The van der Waals surface area contributed by atoms with Crippen molar-refractivity contribution in [3.8, 4) is 11.1 Å². The zero-order valence-corrected chi connectivity index (χ0v) is 18.0. The van der Waals surface area contributed by atoms with Crippen molar-refractivity contribution in [2.24, 2.45) is 0 Å². The van der Waals surface area contributed by atoms with Gasteiger partial charge in [0.1, 0.15) is 6.04 Å². The second kappa shape index (κ2) is 6.09. The van der Waals surface area contributed by atoms with Gasteiger partial charge >= 0.3 is 0 Å². The number of halogens is 4. The Morgan fingerprint density at radius 1 is 1.07 bits per heavy atom. The molecule has 3 nitrogen and oxygen atoms in total. The Bertz CT molecular complexity index is 1190. The van der Waals surface area contributed by atoms with Crippen molar-refractivity contribution in [3.05, 3.63) is 73.7 Å². The Kier molecular flexibility index (Phi) is 3.96. The smallest absolute Gasteiger partial charge is 0.261 e. The van der Waals surface area contributed by atoms with E-state index in [0.29, 0.717) is 16.1 Å². The SMILES string of the molecule is CC(C)n1c(Br)cc2c1C1c3ccc(Cl)cc3-c3ccc(Cl)c(F)c3N1C2=O. The Hall–Kier alpha value is -1.82. The number of amides is 1. The Labute approximate surface area is 179 Å². The van der Waals surface area contributed by atoms with E-state index in [1.807, 2.05) is 18.2 Å². The van der Waals surface area contributed by atoms with Crippen LogP contribution in [0.3, 0.4) is 0 Å². The van der Waals surface area contributed by atoms with E-state index in [2.05, 4.69) is 34.3 Å². The number of rotatable bonds is 1. The first kappa shape index (κ1) is 18.2. The molecule has 1 aromatic heterocycles. The molecule has 1 atom stereocenters. The van der Waals surface area contributed by atoms with Crippen molar-refractivity contribution in [3.63, 3.8) is 0 Å². The molecule has 1 amide bonds. The molecule has 1 unspecified atom stereocenters. The van der Waals surface area contributed by atoms with Crippen LogP contribution in [0, 0.1) is 5.82 Å². The van der Waals surface area contributed by atoms with Crippen LogP contribution in [0.2, 0.25) is 10.0 Å². The minimum atomic E-state index is -0.594. The molecular weight excluding hydrogens is 466 g/mol. The number of fused-ring (bicyclic) bond motifs is 8. The summed E-state index contributed by atoms with van der Waals surface area (Å²) < 4.78 is 18.1. The van der Waals surface area contributed by atoms with Crippen molar-refractivity contribution in [2.45, 2.75) is 25.9 Å². The average molecular weight is 480 g/mol. The first-order valence-corrected chi connectivity index (χ1v) is 10.4. The Morgan fingerprint density at radius 3 is 2.54 bits per heavy atom. The normalized spacial score (nSPS) is 16.9. The van der Waals surface area contributed by atoms with Gasteiger partial charge in [0.25, 0.3) is 5.91 Å². The van der Waals surface area contributed by atoms with E-state index >= 15 is 4.39 Å². The lowest BCUT2D eigenvalue weighted by atomic mass is 9.88. The molecule has 0 bridgehead atoms. The quantitative estimate of drug-likeness (QED) is 0.368. The monoisotopic (exact) mass is 478 g/mol. The lowest BCUT2D eigenvalue weighted by molar-refractivity contribution is 0.0992. The molecule has 0 radical (unpaired) electrons. The highest BCUT2D eigenvalue weighted by molar-refractivity contribution is 9.10. The van der Waals surface area contributed by atoms with Gasteiger partial charge in [0.2, 0.25) is 0 Å². The van der Waals surface area contributed by atoms with Crippen LogP contribution in [0.5, 0.6) is 0 Å². The first-order chi connectivity index (χ1) is 13.3. The second-order valence-corrected chi connectivity index (χ2v) is 8.95. The Morgan fingerprint density at radius 2 is 1.82 bits per heavy atom. The van der Waals surface area contributed by atoms with Gasteiger partial charge in [-0.1, -0.05) is 35.3 Å². The fourth-order valence-electron chi connectivity index (χ4n) is 4.36. The standard InChI is InChI=1S/C21H14BrCl2FN2O/c1-9(2)26-16(22)8-14-20(26)19-12-4-3-10(23)7-13(12)11-5-6-15(24)17(25)18(11)27(19)21(14)28/h3-9,19H,1-2H3. The molecule has 3 aromatic rings. The van der Waals surface area contributed by atoms with Crippen molar-refractivity contribution >= 4 is 50.7 Å². The van der Waals surface area contributed by atoms with E-state index in [-0.39, 0.29) is 22.7 Å². The molecule has 0 N–H and O–H groups in total. The highest BCUT2D eigenvalue weighted by Crippen LogP contribution is 2.54. The summed E-state index contributed by atoms with van der Waals surface area (Å²) in [5, 5.41) is 0.541. The van der Waals surface area contributed by atoms with E-state index in [4.69, 9.17) is 23.2 Å². The first-order valence-electron chi connectivity index (χ1n) is 8.83. The van der Waals surface area contributed by atoms with Crippen LogP contribution in [-0.4, -0.2) is 10.5 Å². The minimum absolute atomic E-state index is 0.0136. The lowest BCUT2D eigenvalue weighted by Gasteiger charge is -2.35. The second-order valence-electron chi connectivity index (χ2n) is 7.30. The third-order valence-corrected chi connectivity index (χ3v) is 6.56. The zero-order valence-electron chi connectivity index (χ0n) is 14.9. The number of hydrogen-bond acceptors (Lipinski definition) is 1. The van der Waals surface area contributed by atoms with Gasteiger partial charge in [-0.25, -0.2) is 4.39 Å². The fraction of sp³-hybridized carbons (Fsp3) is 0.190. The average Bonchev–Trinajstić information content (AvgIpc) is 3.12. The number of nitrogens with zero attached hydrogens (tertiary/aromatic N) is 2. The zero-order chi connectivity index (χ0) is 19.9. The highest BCUT2D eigenvalue weighted by Gasteiger charge is 2.48. The molecule has 142 valence electrons. The van der Waals surface area contributed by atoms with Gasteiger partial charge in [0.15, 0.2) is 5.82 Å². The summed E-state index contributed by atoms with van der Waals surface area (Å²) in [5.41, 5.74) is 3.97. The van der Waals surface area contributed by atoms with Gasteiger partial charge in [-0.2, -0.15) is 0 Å². The molecular formula is C21H14BrCl2FN2O. The molecule has 2 aliphatic heterocycles. The summed E-state index contributed by atoms with van der Waals surface area (Å²) in [4.78, 5) is 14.9. The van der Waals surface area contributed by atoms with Gasteiger partial charge in [0, 0.05) is 16.6 Å². The van der Waals surface area contributed by atoms with Crippen LogP contribution in [0.15, 0.2) is 41.0 Å². The minimum Gasteiger partial charge on any atom is -0.334 e. The van der Waals surface area contributed by atoms with Crippen LogP contribution >= 0.6 is 39.1 Å². The number of hydrogen-bond donors (Lipinski definition) is 0. The number of anilines is 1. The van der Waals surface area contributed by atoms with Crippen molar-refractivity contribution in [1.82, 2.24) is 4.57 Å². The van der Waals surface area contributed by atoms with Crippen molar-refractivity contribution < 1.29 is 9.18 Å². The Balaban J connectivity index is 1.90. The van der Waals surface area contributed by atoms with Gasteiger partial charge < -0.3 is 4.57 Å². The van der Waals surface area contributed by atoms with Crippen molar-refractivity contribution in [1.29, 1.82) is 0 Å². The third kappa shape index (κ3) is 2.24. The van der Waals surface area contributed by atoms with Crippen LogP contribution in [0.25, 0.3) is 11.1 Å². The fourth-order valence-corrected chi connectivity index (χ4v) is 5.52. The molecule has 0 saturated heterocycles. The molecule has 28 heavy (non-hydrogen) atoms. The summed E-state index contributed by atoms with van der Waals surface area (Å²) in [6.07, 6.45) is 0. The maximum atomic E-state index is 15.2. The molecule has 2 aliphatic rings. The summed E-state index contributed by atoms with van der Waals surface area (Å²) in [7, 11) is 0. The van der Waals surface area contributed by atoms with E-state index in [0.717, 1.165) is 21.4 Å². The van der Waals surface area contributed by atoms with Gasteiger partial charge in [-0.05, 0) is 65.2 Å². The molecule has 0 fully saturated rings. The summed E-state index contributed by atoms with van der Waals surface area (Å²) >= 11 is 15.9. The lowest BCUT2D eigenvalue weighted by Crippen LogP contribution is -2.34. The van der Waals surface area contributed by atoms with Crippen LogP contribution in [0.4, 0.5) is 10.1 Å². The largest absolute Gasteiger partial charge is 0.334 e. The summed E-state index contributed by atoms with van der Waals surface area (Å²) in [6, 6.07) is 10.3. The molecule has 3 heterocycles. The molecule has 0 saturated carbocycles. The van der Waals surface area contributed by atoms with Crippen molar-refractivity contribution in [2.75, 3.05) is 4.90 Å². The molecule has 0 aliphatic carbocycles. The molecule has 5 rings (SSSR count). The maximum absolute atomic E-state index is 15.2. The molecule has 0 spiro atoms. The van der Waals surface area contributed by atoms with Crippen LogP contribution in [0.1, 0.15) is 47.5 Å². The maximum Gasteiger partial charge on any atom is 0.261 e. The predicted octanol–water partition coefficient (Wildman–Crippen LogP) is 7.01. The summed E-state index contributed by atoms with van der Waals surface area (Å²) in [6.45, 7) is 4.10. The van der Waals surface area contributed by atoms with Crippen LogP contribution in [-0.2, 0) is 0 Å². The van der Waals surface area contributed by atoms with Gasteiger partial charge in [0.05, 0.1) is 26.6 Å². The molecule has 7 heteroatoms. The van der Waals surface area contributed by atoms with E-state index in [1.54, 1.807) is 12.1 Å². The topological polar surface area (TPSA) is 25.2 Å². The number of carbonyl (C=O) groups excluding carboxylic acids is 1. The van der Waals surface area contributed by atoms with Gasteiger partial charge in [-0.15, -0.1) is 0 Å². The molecule has 2 aromatic carbocycles. The number of aromatic nitrogens is 1. The van der Waals surface area contributed by atoms with Crippen LogP contribution < -0.4 is 4.90 Å². The number of carbonyl (C=O) groups is 1. The highest BCUT2D eigenvalue weighted by atomic mass is 79.9. The van der Waals surface area contributed by atoms with E-state index in [9.17, 15) is 4.79 Å². The van der Waals surface area contributed by atoms with E-state index in [1.165, 1.54) is 11.0 Å². The third-order valence-electron chi connectivity index (χ3n) is 5.42.